The van der Waals surface area contributed by atoms with Crippen molar-refractivity contribution in [2.45, 2.75) is 59.1 Å². The number of rotatable bonds is 1. The molecule has 2 heteroatoms. The molecule has 0 amide bonds. The predicted molar refractivity (Wildman–Crippen MR) is 77.6 cm³/mol. The van der Waals surface area contributed by atoms with Crippen LogP contribution < -0.4 is 9.64 Å². The van der Waals surface area contributed by atoms with Gasteiger partial charge in [0, 0.05) is 17.8 Å². The monoisotopic (exact) mass is 247 g/mol. The Kier molecular flexibility index (Phi) is 3.08. The summed E-state index contributed by atoms with van der Waals surface area (Å²) in [5.74, 6) is 0.983. The summed E-state index contributed by atoms with van der Waals surface area (Å²) in [6.45, 7) is 14.2. The Labute approximate surface area is 111 Å². The molecule has 1 aliphatic rings. The van der Waals surface area contributed by atoms with E-state index in [4.69, 9.17) is 4.74 Å². The molecule has 0 unspecified atom stereocenters. The molecule has 1 heterocycles. The third-order valence-electron chi connectivity index (χ3n) is 3.18. The van der Waals surface area contributed by atoms with Gasteiger partial charge in [0.2, 0.25) is 0 Å². The molecular weight excluding hydrogens is 222 g/mol. The molecule has 0 N–H and O–H groups in total. The molecule has 1 aromatic rings. The quantitative estimate of drug-likeness (QED) is 0.743. The smallest absolute Gasteiger partial charge is 0.120 e. The molecule has 2 nitrogen and oxygen atoms in total. The van der Waals surface area contributed by atoms with Gasteiger partial charge >= 0.3 is 0 Å². The Hall–Kier alpha value is -1.18. The summed E-state index contributed by atoms with van der Waals surface area (Å²) in [5, 5.41) is 0. The fourth-order valence-corrected chi connectivity index (χ4v) is 2.49. The number of hydrogen-bond acceptors (Lipinski definition) is 2. The summed E-state index contributed by atoms with van der Waals surface area (Å²) in [4.78, 5) is 2.48. The minimum absolute atomic E-state index is 0.128. The summed E-state index contributed by atoms with van der Waals surface area (Å²) in [7, 11) is 0. The normalized spacial score (nSPS) is 15.8. The van der Waals surface area contributed by atoms with Gasteiger partial charge in [-0.25, -0.2) is 0 Å². The molecule has 0 atom stereocenters. The van der Waals surface area contributed by atoms with Gasteiger partial charge in [0.05, 0.1) is 0 Å². The highest BCUT2D eigenvalue weighted by Crippen LogP contribution is 2.36. The van der Waals surface area contributed by atoms with Crippen LogP contribution in [0.25, 0.3) is 0 Å². The van der Waals surface area contributed by atoms with Crippen LogP contribution >= 0.6 is 0 Å². The van der Waals surface area contributed by atoms with E-state index in [0.29, 0.717) is 0 Å². The number of anilines is 1. The van der Waals surface area contributed by atoms with Gasteiger partial charge in [-0.1, -0.05) is 0 Å². The van der Waals surface area contributed by atoms with Crippen molar-refractivity contribution in [1.29, 1.82) is 0 Å². The highest BCUT2D eigenvalue weighted by atomic mass is 16.5. The topological polar surface area (TPSA) is 12.5 Å². The number of benzene rings is 1. The van der Waals surface area contributed by atoms with Gasteiger partial charge in [0.25, 0.3) is 0 Å². The standard InChI is InChI=1S/C16H25NO/c1-15(2,3)17-10-9-12-11-13(7-8-14(12)17)18-16(4,5)6/h7-8,11H,9-10H2,1-6H3. The maximum Gasteiger partial charge on any atom is 0.120 e. The average Bonchev–Trinajstić information content (AvgIpc) is 2.56. The Bertz CT molecular complexity index is 437. The number of ether oxygens (including phenoxy) is 1. The van der Waals surface area contributed by atoms with E-state index in [1.54, 1.807) is 0 Å². The lowest BCUT2D eigenvalue weighted by molar-refractivity contribution is 0.131. The highest BCUT2D eigenvalue weighted by Gasteiger charge is 2.28. The number of hydrogen-bond donors (Lipinski definition) is 0. The lowest BCUT2D eigenvalue weighted by Crippen LogP contribution is -2.40. The van der Waals surface area contributed by atoms with Crippen LogP contribution in [0.4, 0.5) is 5.69 Å². The van der Waals surface area contributed by atoms with Gasteiger partial charge < -0.3 is 9.64 Å². The number of fused-ring (bicyclic) bond motifs is 1. The minimum atomic E-state index is -0.128. The van der Waals surface area contributed by atoms with Crippen molar-refractivity contribution in [2.24, 2.45) is 0 Å². The molecule has 2 rings (SSSR count). The zero-order valence-electron chi connectivity index (χ0n) is 12.5. The van der Waals surface area contributed by atoms with E-state index in [2.05, 4.69) is 64.6 Å². The average molecular weight is 247 g/mol. The SMILES string of the molecule is CC(C)(C)Oc1ccc2c(c1)CCN2C(C)(C)C. The fraction of sp³-hybridized carbons (Fsp3) is 0.625. The second-order valence-electron chi connectivity index (χ2n) is 7.08. The van der Waals surface area contributed by atoms with E-state index < -0.39 is 0 Å². The van der Waals surface area contributed by atoms with E-state index >= 15 is 0 Å². The lowest BCUT2D eigenvalue weighted by atomic mass is 10.1. The van der Waals surface area contributed by atoms with Crippen molar-refractivity contribution >= 4 is 5.69 Å². The van der Waals surface area contributed by atoms with Crippen molar-refractivity contribution < 1.29 is 4.74 Å². The van der Waals surface area contributed by atoms with Gasteiger partial charge in [-0.2, -0.15) is 0 Å². The zero-order valence-corrected chi connectivity index (χ0v) is 12.5. The Morgan fingerprint density at radius 3 is 2.28 bits per heavy atom. The summed E-state index contributed by atoms with van der Waals surface area (Å²) in [6.07, 6.45) is 1.12. The first-order chi connectivity index (χ1) is 8.17. The summed E-state index contributed by atoms with van der Waals surface area (Å²) >= 11 is 0. The van der Waals surface area contributed by atoms with Crippen LogP contribution in [0.5, 0.6) is 5.75 Å². The molecule has 0 bridgehead atoms. The fourth-order valence-electron chi connectivity index (χ4n) is 2.49. The molecule has 0 saturated heterocycles. The first-order valence-corrected chi connectivity index (χ1v) is 6.76. The van der Waals surface area contributed by atoms with Gasteiger partial charge in [0.1, 0.15) is 11.4 Å². The van der Waals surface area contributed by atoms with E-state index in [1.165, 1.54) is 11.3 Å². The third-order valence-corrected chi connectivity index (χ3v) is 3.18. The van der Waals surface area contributed by atoms with E-state index in [1.807, 2.05) is 0 Å². The van der Waals surface area contributed by atoms with Gasteiger partial charge in [-0.15, -0.1) is 0 Å². The maximum absolute atomic E-state index is 5.93. The Balaban J connectivity index is 2.26. The molecule has 1 aliphatic heterocycles. The second-order valence-corrected chi connectivity index (χ2v) is 7.08. The van der Waals surface area contributed by atoms with Crippen LogP contribution in [0.1, 0.15) is 47.1 Å². The van der Waals surface area contributed by atoms with Crippen molar-refractivity contribution in [2.75, 3.05) is 11.4 Å². The minimum Gasteiger partial charge on any atom is -0.488 e. The van der Waals surface area contributed by atoms with Crippen LogP contribution in [0.2, 0.25) is 0 Å². The molecule has 0 fully saturated rings. The van der Waals surface area contributed by atoms with Crippen LogP contribution in [0.3, 0.4) is 0 Å². The molecule has 0 spiro atoms. The molecule has 0 aliphatic carbocycles. The van der Waals surface area contributed by atoms with E-state index in [0.717, 1.165) is 18.7 Å². The van der Waals surface area contributed by atoms with Crippen molar-refractivity contribution in [3.63, 3.8) is 0 Å². The third kappa shape index (κ3) is 2.80. The van der Waals surface area contributed by atoms with Crippen molar-refractivity contribution in [3.05, 3.63) is 23.8 Å². The van der Waals surface area contributed by atoms with Crippen molar-refractivity contribution in [1.82, 2.24) is 0 Å². The number of nitrogens with zero attached hydrogens (tertiary/aromatic N) is 1. The van der Waals surface area contributed by atoms with Crippen LogP contribution in [-0.4, -0.2) is 17.7 Å². The lowest BCUT2D eigenvalue weighted by Gasteiger charge is -2.34. The summed E-state index contributed by atoms with van der Waals surface area (Å²) in [5.41, 5.74) is 2.84. The Morgan fingerprint density at radius 1 is 1.06 bits per heavy atom. The van der Waals surface area contributed by atoms with E-state index in [-0.39, 0.29) is 11.1 Å². The van der Waals surface area contributed by atoms with Crippen LogP contribution in [0, 0.1) is 0 Å². The summed E-state index contributed by atoms with van der Waals surface area (Å²) in [6, 6.07) is 6.50. The predicted octanol–water partition coefficient (Wildman–Crippen LogP) is 4.02. The molecule has 0 saturated carbocycles. The summed E-state index contributed by atoms with van der Waals surface area (Å²) < 4.78 is 5.93. The Morgan fingerprint density at radius 2 is 1.72 bits per heavy atom. The highest BCUT2D eigenvalue weighted by molar-refractivity contribution is 5.61. The van der Waals surface area contributed by atoms with Gasteiger partial charge in [-0.3, -0.25) is 0 Å². The first-order valence-electron chi connectivity index (χ1n) is 6.76. The first kappa shape index (κ1) is 13.3. The van der Waals surface area contributed by atoms with Gasteiger partial charge in [-0.05, 0) is 71.7 Å². The van der Waals surface area contributed by atoms with Gasteiger partial charge in [0.15, 0.2) is 0 Å². The molecule has 100 valence electrons. The molecule has 0 aromatic heterocycles. The molecule has 1 aromatic carbocycles. The zero-order chi connectivity index (χ0) is 13.6. The molecular formula is C16H25NO. The van der Waals surface area contributed by atoms with Crippen LogP contribution in [0.15, 0.2) is 18.2 Å². The van der Waals surface area contributed by atoms with E-state index in [9.17, 15) is 0 Å². The molecule has 18 heavy (non-hydrogen) atoms. The van der Waals surface area contributed by atoms with Crippen LogP contribution in [-0.2, 0) is 6.42 Å². The van der Waals surface area contributed by atoms with Crippen molar-refractivity contribution in [3.8, 4) is 5.75 Å². The molecule has 0 radical (unpaired) electrons. The largest absolute Gasteiger partial charge is 0.488 e. The maximum atomic E-state index is 5.93. The second kappa shape index (κ2) is 4.18.